The van der Waals surface area contributed by atoms with Gasteiger partial charge in [-0.05, 0) is 55.8 Å². The van der Waals surface area contributed by atoms with Gasteiger partial charge in [-0.2, -0.15) is 8.78 Å². The number of carbonyl (C=O) groups excluding carboxylic acids is 2. The van der Waals surface area contributed by atoms with E-state index in [-0.39, 0.29) is 17.1 Å². The van der Waals surface area contributed by atoms with Crippen molar-refractivity contribution < 1.29 is 27.8 Å². The van der Waals surface area contributed by atoms with E-state index in [1.807, 2.05) is 19.9 Å². The van der Waals surface area contributed by atoms with Gasteiger partial charge >= 0.3 is 6.61 Å². The molecule has 2 N–H and O–H groups in total. The summed E-state index contributed by atoms with van der Waals surface area (Å²) in [4.78, 5) is 33.5. The molecule has 1 heterocycles. The van der Waals surface area contributed by atoms with E-state index in [0.717, 1.165) is 17.0 Å². The molecule has 0 radical (unpaired) electrons. The molecule has 2 aromatic carbocycles. The molecule has 11 heteroatoms. The van der Waals surface area contributed by atoms with E-state index in [4.69, 9.17) is 4.74 Å². The first-order valence-corrected chi connectivity index (χ1v) is 11.0. The average Bonchev–Trinajstić information content (AvgIpc) is 2.80. The lowest BCUT2D eigenvalue weighted by molar-refractivity contribution is -0.0512. The molecule has 178 valence electrons. The molecule has 0 bridgehead atoms. The summed E-state index contributed by atoms with van der Waals surface area (Å²) in [7, 11) is 1.26. The standard InChI is InChI=1S/C23H22F2N4O4S/c1-13-10-14(2)27-23(26-13)34-12-15-4-6-16(7-5-15)20(30)28-29-21(31)17-8-9-18(33-22(24)25)19(11-17)32-3/h4-11,22H,12H2,1-3H3,(H,28,30)(H,29,31). The van der Waals surface area contributed by atoms with E-state index in [2.05, 4.69) is 25.6 Å². The van der Waals surface area contributed by atoms with Crippen LogP contribution < -0.4 is 20.3 Å². The van der Waals surface area contributed by atoms with Crippen LogP contribution in [0.1, 0.15) is 37.7 Å². The molecule has 0 aliphatic carbocycles. The van der Waals surface area contributed by atoms with Crippen LogP contribution in [0.2, 0.25) is 0 Å². The number of alkyl halides is 2. The maximum Gasteiger partial charge on any atom is 0.387 e. The second-order valence-electron chi connectivity index (χ2n) is 7.07. The Hall–Kier alpha value is -3.73. The summed E-state index contributed by atoms with van der Waals surface area (Å²) < 4.78 is 34.1. The minimum atomic E-state index is -3.03. The lowest BCUT2D eigenvalue weighted by Crippen LogP contribution is -2.41. The van der Waals surface area contributed by atoms with Crippen LogP contribution in [0.25, 0.3) is 0 Å². The predicted octanol–water partition coefficient (Wildman–Crippen LogP) is 4.07. The number of nitrogens with zero attached hydrogens (tertiary/aromatic N) is 2. The number of hydrogen-bond donors (Lipinski definition) is 2. The Kier molecular flexibility index (Phi) is 8.36. The number of hydrazine groups is 1. The molecule has 2 amide bonds. The molecular formula is C23H22F2N4O4S. The number of rotatable bonds is 8. The molecule has 8 nitrogen and oxygen atoms in total. The molecule has 0 atom stereocenters. The highest BCUT2D eigenvalue weighted by Gasteiger charge is 2.15. The number of aryl methyl sites for hydroxylation is 2. The van der Waals surface area contributed by atoms with Gasteiger partial charge in [0.1, 0.15) is 0 Å². The second-order valence-corrected chi connectivity index (χ2v) is 8.01. The van der Waals surface area contributed by atoms with Crippen LogP contribution in [0, 0.1) is 13.8 Å². The van der Waals surface area contributed by atoms with Gasteiger partial charge in [0.15, 0.2) is 16.7 Å². The predicted molar refractivity (Wildman–Crippen MR) is 122 cm³/mol. The van der Waals surface area contributed by atoms with Gasteiger partial charge in [0.05, 0.1) is 7.11 Å². The van der Waals surface area contributed by atoms with Crippen molar-refractivity contribution in [1.29, 1.82) is 0 Å². The van der Waals surface area contributed by atoms with Crippen molar-refractivity contribution in [3.05, 3.63) is 76.6 Å². The normalized spacial score (nSPS) is 10.6. The first-order valence-electron chi connectivity index (χ1n) is 10.0. The van der Waals surface area contributed by atoms with Crippen molar-refractivity contribution in [3.63, 3.8) is 0 Å². The molecule has 0 saturated carbocycles. The van der Waals surface area contributed by atoms with Gasteiger partial charge in [0.2, 0.25) is 0 Å². The number of benzene rings is 2. The molecule has 0 spiro atoms. The van der Waals surface area contributed by atoms with Crippen LogP contribution in [0.3, 0.4) is 0 Å². The second kappa shape index (κ2) is 11.4. The van der Waals surface area contributed by atoms with Crippen molar-refractivity contribution >= 4 is 23.6 Å². The zero-order chi connectivity index (χ0) is 24.7. The highest BCUT2D eigenvalue weighted by Crippen LogP contribution is 2.29. The van der Waals surface area contributed by atoms with Crippen LogP contribution in [0.4, 0.5) is 8.78 Å². The van der Waals surface area contributed by atoms with E-state index in [1.54, 1.807) is 24.3 Å². The van der Waals surface area contributed by atoms with Gasteiger partial charge in [0, 0.05) is 28.3 Å². The molecule has 0 aliphatic rings. The molecule has 34 heavy (non-hydrogen) atoms. The summed E-state index contributed by atoms with van der Waals surface area (Å²) in [6.07, 6.45) is 0. The largest absolute Gasteiger partial charge is 0.493 e. The molecule has 1 aromatic heterocycles. The smallest absolute Gasteiger partial charge is 0.387 e. The van der Waals surface area contributed by atoms with E-state index in [1.165, 1.54) is 37.1 Å². The van der Waals surface area contributed by atoms with Crippen molar-refractivity contribution in [2.45, 2.75) is 31.4 Å². The number of nitrogens with one attached hydrogen (secondary N) is 2. The SMILES string of the molecule is COc1cc(C(=O)NNC(=O)c2ccc(CSc3nc(C)cc(C)n3)cc2)ccc1OC(F)F. The number of hydrogen-bond acceptors (Lipinski definition) is 7. The maximum atomic E-state index is 12.4. The van der Waals surface area contributed by atoms with Gasteiger partial charge in [-0.15, -0.1) is 0 Å². The zero-order valence-electron chi connectivity index (χ0n) is 18.6. The third-order valence-corrected chi connectivity index (χ3v) is 5.40. The molecule has 0 saturated heterocycles. The fourth-order valence-electron chi connectivity index (χ4n) is 2.92. The lowest BCUT2D eigenvalue weighted by atomic mass is 10.1. The molecule has 0 unspecified atom stereocenters. The average molecular weight is 489 g/mol. The van der Waals surface area contributed by atoms with Gasteiger partial charge in [-0.3, -0.25) is 20.4 Å². The quantitative estimate of drug-likeness (QED) is 0.280. The van der Waals surface area contributed by atoms with Gasteiger partial charge in [-0.1, -0.05) is 23.9 Å². The molecule has 3 aromatic rings. The van der Waals surface area contributed by atoms with Crippen molar-refractivity contribution in [3.8, 4) is 11.5 Å². The molecular weight excluding hydrogens is 466 g/mol. The third kappa shape index (κ3) is 6.88. The van der Waals surface area contributed by atoms with Gasteiger partial charge in [0.25, 0.3) is 11.8 Å². The first kappa shape index (κ1) is 24.9. The maximum absolute atomic E-state index is 12.4. The Bertz CT molecular complexity index is 1160. The van der Waals surface area contributed by atoms with Crippen LogP contribution in [0.5, 0.6) is 11.5 Å². The minimum Gasteiger partial charge on any atom is -0.493 e. The van der Waals surface area contributed by atoms with Crippen LogP contribution >= 0.6 is 11.8 Å². The Labute approximate surface area is 199 Å². The number of methoxy groups -OCH3 is 1. The Morgan fingerprint density at radius 2 is 1.50 bits per heavy atom. The summed E-state index contributed by atoms with van der Waals surface area (Å²) in [6, 6.07) is 12.5. The number of ether oxygens (including phenoxy) is 2. The number of aromatic nitrogens is 2. The topological polar surface area (TPSA) is 102 Å². The van der Waals surface area contributed by atoms with Gasteiger partial charge < -0.3 is 9.47 Å². The molecule has 3 rings (SSSR count). The van der Waals surface area contributed by atoms with Crippen molar-refractivity contribution in [2.24, 2.45) is 0 Å². The summed E-state index contributed by atoms with van der Waals surface area (Å²) in [6.45, 7) is 0.800. The summed E-state index contributed by atoms with van der Waals surface area (Å²) in [5, 5.41) is 0.687. The van der Waals surface area contributed by atoms with E-state index in [0.29, 0.717) is 16.5 Å². The Morgan fingerprint density at radius 3 is 2.09 bits per heavy atom. The minimum absolute atomic E-state index is 0.0426. The fourth-order valence-corrected chi connectivity index (χ4v) is 3.82. The summed E-state index contributed by atoms with van der Waals surface area (Å²) in [5.74, 6) is -0.792. The third-order valence-electron chi connectivity index (χ3n) is 4.48. The number of thioether (sulfide) groups is 1. The molecule has 0 aliphatic heterocycles. The lowest BCUT2D eigenvalue weighted by Gasteiger charge is -2.12. The van der Waals surface area contributed by atoms with Crippen LogP contribution in [-0.2, 0) is 5.75 Å². The first-order chi connectivity index (χ1) is 16.2. The zero-order valence-corrected chi connectivity index (χ0v) is 19.4. The monoisotopic (exact) mass is 488 g/mol. The molecule has 0 fully saturated rings. The number of halogens is 2. The van der Waals surface area contributed by atoms with Crippen molar-refractivity contribution in [2.75, 3.05) is 7.11 Å². The highest BCUT2D eigenvalue weighted by molar-refractivity contribution is 7.98. The number of carbonyl (C=O) groups is 2. The van der Waals surface area contributed by atoms with Crippen molar-refractivity contribution in [1.82, 2.24) is 20.8 Å². The van der Waals surface area contributed by atoms with Gasteiger partial charge in [-0.25, -0.2) is 9.97 Å². The van der Waals surface area contributed by atoms with E-state index >= 15 is 0 Å². The summed E-state index contributed by atoms with van der Waals surface area (Å²) >= 11 is 1.49. The highest BCUT2D eigenvalue weighted by atomic mass is 32.2. The Morgan fingerprint density at radius 1 is 0.912 bits per heavy atom. The van der Waals surface area contributed by atoms with E-state index < -0.39 is 18.4 Å². The van der Waals surface area contributed by atoms with Crippen LogP contribution in [0.15, 0.2) is 53.7 Å². The number of amides is 2. The fraction of sp³-hybridized carbons (Fsp3) is 0.217. The Balaban J connectivity index is 1.55. The van der Waals surface area contributed by atoms with Crippen LogP contribution in [-0.4, -0.2) is 35.5 Å². The van der Waals surface area contributed by atoms with E-state index in [9.17, 15) is 18.4 Å². The summed E-state index contributed by atoms with van der Waals surface area (Å²) in [5.41, 5.74) is 7.80.